The fourth-order valence-electron chi connectivity index (χ4n) is 2.75. The molecule has 0 fully saturated rings. The number of Topliss-reactive ketones (excluding diaryl/α,β-unsaturated/α-hetero) is 1. The normalized spacial score (nSPS) is 11.9. The van der Waals surface area contributed by atoms with Crippen LogP contribution in [0.3, 0.4) is 0 Å². The molecule has 0 unspecified atom stereocenters. The zero-order valence-electron chi connectivity index (χ0n) is 15.9. The largest absolute Gasteiger partial charge is 0.336 e. The number of carbonyl (C=O) groups is 2. The quantitative estimate of drug-likeness (QED) is 0.743. The van der Waals surface area contributed by atoms with Gasteiger partial charge >= 0.3 is 6.03 Å². The van der Waals surface area contributed by atoms with Gasteiger partial charge in [0.05, 0.1) is 6.04 Å². The first kappa shape index (κ1) is 19.7. The van der Waals surface area contributed by atoms with Crippen LogP contribution in [0.25, 0.3) is 0 Å². The van der Waals surface area contributed by atoms with E-state index < -0.39 is 0 Å². The Bertz CT molecular complexity index is 754. The van der Waals surface area contributed by atoms with Gasteiger partial charge in [0.2, 0.25) is 0 Å². The highest BCUT2D eigenvalue weighted by Crippen LogP contribution is 2.18. The van der Waals surface area contributed by atoms with Gasteiger partial charge in [0.25, 0.3) is 0 Å². The average Bonchev–Trinajstić information content (AvgIpc) is 2.62. The SMILES string of the molecule is CCc1ccc([C@H](CNC(=O)Nc2cccc(C(C)=O)c2)N(C)C)cc1. The molecule has 0 aliphatic carbocycles. The van der Waals surface area contributed by atoms with E-state index in [-0.39, 0.29) is 17.9 Å². The maximum absolute atomic E-state index is 12.2. The molecule has 0 saturated heterocycles. The second kappa shape index (κ2) is 9.15. The number of ketones is 1. The van der Waals surface area contributed by atoms with Crippen molar-refractivity contribution < 1.29 is 9.59 Å². The number of hydrogen-bond donors (Lipinski definition) is 2. The molecular formula is C21H27N3O2. The van der Waals surface area contributed by atoms with E-state index in [0.29, 0.717) is 17.8 Å². The van der Waals surface area contributed by atoms with E-state index in [4.69, 9.17) is 0 Å². The highest BCUT2D eigenvalue weighted by Gasteiger charge is 2.15. The van der Waals surface area contributed by atoms with Crippen LogP contribution in [0.2, 0.25) is 0 Å². The number of nitrogens with one attached hydrogen (secondary N) is 2. The van der Waals surface area contributed by atoms with Gasteiger partial charge in [-0.05, 0) is 50.7 Å². The first-order valence-electron chi connectivity index (χ1n) is 8.81. The monoisotopic (exact) mass is 353 g/mol. The second-order valence-corrected chi connectivity index (χ2v) is 6.55. The number of hydrogen-bond acceptors (Lipinski definition) is 3. The molecule has 2 N–H and O–H groups in total. The van der Waals surface area contributed by atoms with E-state index in [2.05, 4.69) is 46.7 Å². The van der Waals surface area contributed by atoms with Gasteiger partial charge in [-0.15, -0.1) is 0 Å². The average molecular weight is 353 g/mol. The van der Waals surface area contributed by atoms with Crippen molar-refractivity contribution in [2.45, 2.75) is 26.3 Å². The lowest BCUT2D eigenvalue weighted by Crippen LogP contribution is -2.36. The molecule has 138 valence electrons. The summed E-state index contributed by atoms with van der Waals surface area (Å²) in [5, 5.41) is 5.69. The Hall–Kier alpha value is -2.66. The lowest BCUT2D eigenvalue weighted by molar-refractivity contribution is 0.101. The Labute approximate surface area is 155 Å². The Morgan fingerprint density at radius 3 is 2.35 bits per heavy atom. The summed E-state index contributed by atoms with van der Waals surface area (Å²) in [5.74, 6) is -0.0303. The minimum Gasteiger partial charge on any atom is -0.336 e. The molecule has 0 heterocycles. The van der Waals surface area contributed by atoms with Gasteiger partial charge in [-0.2, -0.15) is 0 Å². The highest BCUT2D eigenvalue weighted by molar-refractivity contribution is 5.96. The number of nitrogens with zero attached hydrogens (tertiary/aromatic N) is 1. The van der Waals surface area contributed by atoms with E-state index in [0.717, 1.165) is 12.0 Å². The molecule has 0 saturated carbocycles. The first-order chi connectivity index (χ1) is 12.4. The maximum Gasteiger partial charge on any atom is 0.319 e. The summed E-state index contributed by atoms with van der Waals surface area (Å²) >= 11 is 0. The summed E-state index contributed by atoms with van der Waals surface area (Å²) in [6, 6.07) is 15.2. The number of benzene rings is 2. The van der Waals surface area contributed by atoms with Crippen molar-refractivity contribution >= 4 is 17.5 Å². The van der Waals surface area contributed by atoms with Crippen LogP contribution in [0.5, 0.6) is 0 Å². The van der Waals surface area contributed by atoms with Gasteiger partial charge in [-0.1, -0.05) is 43.3 Å². The molecule has 26 heavy (non-hydrogen) atoms. The molecule has 2 aromatic rings. The van der Waals surface area contributed by atoms with Gasteiger partial charge < -0.3 is 15.5 Å². The third-order valence-corrected chi connectivity index (χ3v) is 4.38. The highest BCUT2D eigenvalue weighted by atomic mass is 16.2. The van der Waals surface area contributed by atoms with Gasteiger partial charge in [0.15, 0.2) is 5.78 Å². The molecule has 2 amide bonds. The van der Waals surface area contributed by atoms with Crippen LogP contribution < -0.4 is 10.6 Å². The Morgan fingerprint density at radius 2 is 1.77 bits per heavy atom. The summed E-state index contributed by atoms with van der Waals surface area (Å²) in [4.78, 5) is 25.7. The lowest BCUT2D eigenvalue weighted by Gasteiger charge is -2.25. The van der Waals surface area contributed by atoms with Gasteiger partial charge in [-0.25, -0.2) is 4.79 Å². The van der Waals surface area contributed by atoms with E-state index >= 15 is 0 Å². The fraction of sp³-hybridized carbons (Fsp3) is 0.333. The Kier molecular flexibility index (Phi) is 6.92. The summed E-state index contributed by atoms with van der Waals surface area (Å²) in [7, 11) is 3.99. The molecule has 0 aliphatic rings. The molecule has 2 aromatic carbocycles. The summed E-state index contributed by atoms with van der Waals surface area (Å²) in [5.41, 5.74) is 3.63. The van der Waals surface area contributed by atoms with Crippen molar-refractivity contribution in [2.75, 3.05) is 26.0 Å². The molecule has 0 aliphatic heterocycles. The van der Waals surface area contributed by atoms with Crippen molar-refractivity contribution in [1.29, 1.82) is 0 Å². The topological polar surface area (TPSA) is 61.4 Å². The molecule has 0 aromatic heterocycles. The van der Waals surface area contributed by atoms with Gasteiger partial charge in [0, 0.05) is 17.8 Å². The van der Waals surface area contributed by atoms with Gasteiger partial charge in [0.1, 0.15) is 0 Å². The molecule has 2 rings (SSSR count). The standard InChI is InChI=1S/C21H27N3O2/c1-5-16-9-11-17(12-10-16)20(24(3)4)14-22-21(26)23-19-8-6-7-18(13-19)15(2)25/h6-13,20H,5,14H2,1-4H3,(H2,22,23,26)/t20-/m0/s1. The number of likely N-dealkylation sites (N-methyl/N-ethyl adjacent to an activating group) is 1. The summed E-state index contributed by atoms with van der Waals surface area (Å²) in [6.07, 6.45) is 1.01. The second-order valence-electron chi connectivity index (χ2n) is 6.55. The molecule has 0 spiro atoms. The van der Waals surface area contributed by atoms with Crippen molar-refractivity contribution in [3.05, 3.63) is 65.2 Å². The Balaban J connectivity index is 1.98. The number of amides is 2. The molecule has 1 atom stereocenters. The van der Waals surface area contributed by atoms with Crippen molar-refractivity contribution in [1.82, 2.24) is 10.2 Å². The third-order valence-electron chi connectivity index (χ3n) is 4.38. The molecule has 0 radical (unpaired) electrons. The van der Waals surface area contributed by atoms with E-state index in [1.165, 1.54) is 12.5 Å². The minimum atomic E-state index is -0.289. The molecule has 0 bridgehead atoms. The van der Waals surface area contributed by atoms with Gasteiger partial charge in [-0.3, -0.25) is 4.79 Å². The lowest BCUT2D eigenvalue weighted by atomic mass is 10.0. The van der Waals surface area contributed by atoms with E-state index in [1.54, 1.807) is 24.3 Å². The minimum absolute atomic E-state index is 0.0303. The van der Waals surface area contributed by atoms with Crippen LogP contribution >= 0.6 is 0 Å². The van der Waals surface area contributed by atoms with Crippen LogP contribution in [0.1, 0.15) is 41.4 Å². The molecule has 5 heteroatoms. The van der Waals surface area contributed by atoms with E-state index in [1.807, 2.05) is 14.1 Å². The number of anilines is 1. The number of carbonyl (C=O) groups excluding carboxylic acids is 2. The van der Waals surface area contributed by atoms with Crippen LogP contribution in [0.15, 0.2) is 48.5 Å². The fourth-order valence-corrected chi connectivity index (χ4v) is 2.75. The van der Waals surface area contributed by atoms with Crippen molar-refractivity contribution in [3.63, 3.8) is 0 Å². The van der Waals surface area contributed by atoms with Crippen LogP contribution in [-0.4, -0.2) is 37.4 Å². The zero-order valence-corrected chi connectivity index (χ0v) is 15.9. The predicted molar refractivity (Wildman–Crippen MR) is 106 cm³/mol. The van der Waals surface area contributed by atoms with Crippen LogP contribution in [-0.2, 0) is 6.42 Å². The zero-order chi connectivity index (χ0) is 19.1. The number of aryl methyl sites for hydroxylation is 1. The summed E-state index contributed by atoms with van der Waals surface area (Å²) in [6.45, 7) is 4.12. The molecular weight excluding hydrogens is 326 g/mol. The van der Waals surface area contributed by atoms with Crippen LogP contribution in [0, 0.1) is 0 Å². The predicted octanol–water partition coefficient (Wildman–Crippen LogP) is 3.88. The van der Waals surface area contributed by atoms with E-state index in [9.17, 15) is 9.59 Å². The number of urea groups is 1. The summed E-state index contributed by atoms with van der Waals surface area (Å²) < 4.78 is 0. The third kappa shape index (κ3) is 5.43. The van der Waals surface area contributed by atoms with Crippen molar-refractivity contribution in [2.24, 2.45) is 0 Å². The Morgan fingerprint density at radius 1 is 1.08 bits per heavy atom. The molecule has 5 nitrogen and oxygen atoms in total. The smallest absolute Gasteiger partial charge is 0.319 e. The number of rotatable bonds is 7. The first-order valence-corrected chi connectivity index (χ1v) is 8.81. The van der Waals surface area contributed by atoms with Crippen molar-refractivity contribution in [3.8, 4) is 0 Å². The van der Waals surface area contributed by atoms with Crippen LogP contribution in [0.4, 0.5) is 10.5 Å². The maximum atomic E-state index is 12.2.